The summed E-state index contributed by atoms with van der Waals surface area (Å²) < 4.78 is 10.6. The molecule has 5 heteroatoms. The van der Waals surface area contributed by atoms with Crippen LogP contribution in [0.25, 0.3) is 0 Å². The first kappa shape index (κ1) is 11.3. The number of fused-ring (bicyclic) bond motifs is 1. The van der Waals surface area contributed by atoms with Crippen molar-refractivity contribution < 1.29 is 19.4 Å². The number of aliphatic carboxylic acids is 1. The zero-order valence-corrected chi connectivity index (χ0v) is 10.1. The first-order valence-electron chi connectivity index (χ1n) is 5.96. The molecule has 3 unspecified atom stereocenters. The second-order valence-electron chi connectivity index (χ2n) is 4.93. The molecular formula is C13H15NO4. The van der Waals surface area contributed by atoms with Crippen molar-refractivity contribution in [3.8, 4) is 11.5 Å². The van der Waals surface area contributed by atoms with Gasteiger partial charge in [0.15, 0.2) is 11.5 Å². The van der Waals surface area contributed by atoms with E-state index < -0.39 is 5.97 Å². The molecule has 3 atom stereocenters. The lowest BCUT2D eigenvalue weighted by Crippen LogP contribution is -2.16. The highest BCUT2D eigenvalue weighted by molar-refractivity contribution is 5.73. The number of ether oxygens (including phenoxy) is 2. The largest absolute Gasteiger partial charge is 0.481 e. The Morgan fingerprint density at radius 3 is 2.72 bits per heavy atom. The van der Waals surface area contributed by atoms with Gasteiger partial charge in [-0.3, -0.25) is 4.79 Å². The molecule has 1 heterocycles. The SMILES string of the molecule is Cc1cc2c(cc1C(N)C1CC1C(=O)O)OCO2. The molecule has 5 nitrogen and oxygen atoms in total. The summed E-state index contributed by atoms with van der Waals surface area (Å²) in [7, 11) is 0. The maximum absolute atomic E-state index is 10.9. The first-order valence-corrected chi connectivity index (χ1v) is 5.96. The summed E-state index contributed by atoms with van der Waals surface area (Å²) in [6, 6.07) is 3.52. The van der Waals surface area contributed by atoms with Gasteiger partial charge in [-0.25, -0.2) is 0 Å². The lowest BCUT2D eigenvalue weighted by molar-refractivity contribution is -0.138. The Balaban J connectivity index is 1.86. The second-order valence-corrected chi connectivity index (χ2v) is 4.93. The van der Waals surface area contributed by atoms with Gasteiger partial charge in [-0.15, -0.1) is 0 Å². The molecule has 0 saturated heterocycles. The summed E-state index contributed by atoms with van der Waals surface area (Å²) in [5.41, 5.74) is 8.13. The molecule has 3 rings (SSSR count). The predicted molar refractivity (Wildman–Crippen MR) is 63.5 cm³/mol. The van der Waals surface area contributed by atoms with Gasteiger partial charge in [-0.05, 0) is 42.5 Å². The van der Waals surface area contributed by atoms with E-state index in [0.29, 0.717) is 12.2 Å². The van der Waals surface area contributed by atoms with E-state index in [4.69, 9.17) is 20.3 Å². The minimum Gasteiger partial charge on any atom is -0.481 e. The fourth-order valence-electron chi connectivity index (χ4n) is 2.54. The van der Waals surface area contributed by atoms with Crippen LogP contribution in [-0.4, -0.2) is 17.9 Å². The highest BCUT2D eigenvalue weighted by Crippen LogP contribution is 2.48. The summed E-state index contributed by atoms with van der Waals surface area (Å²) in [4.78, 5) is 10.9. The molecule has 1 saturated carbocycles. The predicted octanol–water partition coefficient (Wildman–Crippen LogP) is 1.44. The van der Waals surface area contributed by atoms with Crippen molar-refractivity contribution in [2.75, 3.05) is 6.79 Å². The number of nitrogens with two attached hydrogens (primary N) is 1. The van der Waals surface area contributed by atoms with E-state index in [1.54, 1.807) is 0 Å². The van der Waals surface area contributed by atoms with Crippen LogP contribution < -0.4 is 15.2 Å². The van der Waals surface area contributed by atoms with E-state index in [0.717, 1.165) is 16.9 Å². The number of hydrogen-bond donors (Lipinski definition) is 2. The molecule has 1 fully saturated rings. The quantitative estimate of drug-likeness (QED) is 0.847. The molecule has 96 valence electrons. The molecular weight excluding hydrogens is 234 g/mol. The molecule has 0 amide bonds. The van der Waals surface area contributed by atoms with Crippen LogP contribution in [-0.2, 0) is 4.79 Å². The standard InChI is InChI=1S/C13H15NO4/c1-6-2-10-11(18-5-17-10)4-7(6)12(14)8-3-9(8)13(15)16/h2,4,8-9,12H,3,5,14H2,1H3,(H,15,16). The molecule has 1 aliphatic carbocycles. The highest BCUT2D eigenvalue weighted by atomic mass is 16.7. The van der Waals surface area contributed by atoms with E-state index in [9.17, 15) is 4.79 Å². The van der Waals surface area contributed by atoms with Gasteiger partial charge in [-0.2, -0.15) is 0 Å². The molecule has 0 radical (unpaired) electrons. The molecule has 0 spiro atoms. The van der Waals surface area contributed by atoms with Crippen molar-refractivity contribution in [2.24, 2.45) is 17.6 Å². The summed E-state index contributed by atoms with van der Waals surface area (Å²) in [5, 5.41) is 8.94. The van der Waals surface area contributed by atoms with Gasteiger partial charge in [0, 0.05) is 6.04 Å². The first-order chi connectivity index (χ1) is 8.58. The Labute approximate surface area is 104 Å². The summed E-state index contributed by atoms with van der Waals surface area (Å²) >= 11 is 0. The molecule has 18 heavy (non-hydrogen) atoms. The fourth-order valence-corrected chi connectivity index (χ4v) is 2.54. The van der Waals surface area contributed by atoms with Gasteiger partial charge in [0.1, 0.15) is 0 Å². The van der Waals surface area contributed by atoms with Crippen LogP contribution in [0.4, 0.5) is 0 Å². The van der Waals surface area contributed by atoms with Crippen molar-refractivity contribution >= 4 is 5.97 Å². The van der Waals surface area contributed by atoms with Gasteiger partial charge in [0.05, 0.1) is 5.92 Å². The Bertz CT molecular complexity index is 514. The van der Waals surface area contributed by atoms with Crippen LogP contribution in [0.3, 0.4) is 0 Å². The number of benzene rings is 1. The fraction of sp³-hybridized carbons (Fsp3) is 0.462. The summed E-state index contributed by atoms with van der Waals surface area (Å²) in [6.45, 7) is 2.18. The third-order valence-electron chi connectivity index (χ3n) is 3.74. The Morgan fingerprint density at radius 1 is 1.44 bits per heavy atom. The maximum Gasteiger partial charge on any atom is 0.306 e. The van der Waals surface area contributed by atoms with Crippen LogP contribution in [0.2, 0.25) is 0 Å². The smallest absolute Gasteiger partial charge is 0.306 e. The zero-order chi connectivity index (χ0) is 12.9. The summed E-state index contributed by atoms with van der Waals surface area (Å²) in [5.74, 6) is 0.396. The lowest BCUT2D eigenvalue weighted by atomic mass is 9.96. The molecule has 2 aliphatic rings. The van der Waals surface area contributed by atoms with Gasteiger partial charge in [0.2, 0.25) is 6.79 Å². The van der Waals surface area contributed by atoms with E-state index >= 15 is 0 Å². The maximum atomic E-state index is 10.9. The number of carbonyl (C=O) groups is 1. The van der Waals surface area contributed by atoms with Crippen molar-refractivity contribution in [2.45, 2.75) is 19.4 Å². The number of aryl methyl sites for hydroxylation is 1. The second kappa shape index (κ2) is 3.88. The van der Waals surface area contributed by atoms with E-state index in [2.05, 4.69) is 0 Å². The molecule has 0 aromatic heterocycles. The number of carboxylic acids is 1. The van der Waals surface area contributed by atoms with Crippen LogP contribution in [0.1, 0.15) is 23.6 Å². The lowest BCUT2D eigenvalue weighted by Gasteiger charge is -2.15. The van der Waals surface area contributed by atoms with Gasteiger partial charge >= 0.3 is 5.97 Å². The average molecular weight is 249 g/mol. The van der Waals surface area contributed by atoms with Crippen molar-refractivity contribution in [3.63, 3.8) is 0 Å². The van der Waals surface area contributed by atoms with Crippen molar-refractivity contribution in [1.29, 1.82) is 0 Å². The van der Waals surface area contributed by atoms with Gasteiger partial charge in [-0.1, -0.05) is 0 Å². The number of hydrogen-bond acceptors (Lipinski definition) is 4. The molecule has 3 N–H and O–H groups in total. The van der Waals surface area contributed by atoms with Crippen molar-refractivity contribution in [3.05, 3.63) is 23.3 Å². The topological polar surface area (TPSA) is 81.8 Å². The van der Waals surface area contributed by atoms with Gasteiger partial charge < -0.3 is 20.3 Å². The minimum absolute atomic E-state index is 0.0292. The summed E-state index contributed by atoms with van der Waals surface area (Å²) in [6.07, 6.45) is 0.657. The third-order valence-corrected chi connectivity index (χ3v) is 3.74. The zero-order valence-electron chi connectivity index (χ0n) is 10.1. The average Bonchev–Trinajstić information content (AvgIpc) is 3.01. The highest BCUT2D eigenvalue weighted by Gasteiger charge is 2.47. The number of carboxylic acid groups (broad SMARTS) is 1. The third kappa shape index (κ3) is 1.71. The normalized spacial score (nSPS) is 25.9. The van der Waals surface area contributed by atoms with Crippen LogP contribution >= 0.6 is 0 Å². The molecule has 1 aromatic carbocycles. The Kier molecular flexibility index (Phi) is 2.45. The van der Waals surface area contributed by atoms with Gasteiger partial charge in [0.25, 0.3) is 0 Å². The monoisotopic (exact) mass is 249 g/mol. The Morgan fingerprint density at radius 2 is 2.11 bits per heavy atom. The van der Waals surface area contributed by atoms with Crippen LogP contribution in [0.15, 0.2) is 12.1 Å². The van der Waals surface area contributed by atoms with Crippen LogP contribution in [0, 0.1) is 18.8 Å². The minimum atomic E-state index is -0.756. The molecule has 1 aliphatic heterocycles. The van der Waals surface area contributed by atoms with Crippen LogP contribution in [0.5, 0.6) is 11.5 Å². The Hall–Kier alpha value is -1.75. The van der Waals surface area contributed by atoms with E-state index in [1.165, 1.54) is 0 Å². The van der Waals surface area contributed by atoms with E-state index in [-0.39, 0.29) is 24.7 Å². The molecule has 0 bridgehead atoms. The van der Waals surface area contributed by atoms with E-state index in [1.807, 2.05) is 19.1 Å². The van der Waals surface area contributed by atoms with Crippen molar-refractivity contribution in [1.82, 2.24) is 0 Å². The number of rotatable bonds is 3. The molecule has 1 aromatic rings.